The third-order valence-corrected chi connectivity index (χ3v) is 5.43. The molecule has 3 atom stereocenters. The predicted molar refractivity (Wildman–Crippen MR) is 96.2 cm³/mol. The monoisotopic (exact) mass is 359 g/mol. The lowest BCUT2D eigenvalue weighted by molar-refractivity contribution is 0.0694. The molecule has 0 saturated heterocycles. The molecule has 0 amide bonds. The fourth-order valence-corrected chi connectivity index (χ4v) is 4.46. The van der Waals surface area contributed by atoms with Crippen LogP contribution in [0.25, 0.3) is 0 Å². The van der Waals surface area contributed by atoms with E-state index < -0.39 is 5.97 Å². The maximum absolute atomic E-state index is 11.6. The third-order valence-electron chi connectivity index (χ3n) is 4.91. The molecule has 5 heteroatoms. The molecule has 0 fully saturated rings. The first-order chi connectivity index (χ1) is 11.6. The van der Waals surface area contributed by atoms with Gasteiger partial charge in [0.05, 0.1) is 22.3 Å². The standard InChI is InChI=1S/C19H15Cl2NO2/c20-10-8-15-11-6-3-7-12(11)17(22-18(15)16(21)9-10)13-4-1-2-5-14(13)19(23)24/h1-6,8-9,11-12,17,22H,7H2,(H,23,24)/t11-,12-,17-/m1/s1. The Labute approximate surface area is 149 Å². The van der Waals surface area contributed by atoms with Gasteiger partial charge in [-0.3, -0.25) is 0 Å². The summed E-state index contributed by atoms with van der Waals surface area (Å²) in [6.45, 7) is 0. The fraction of sp³-hybridized carbons (Fsp3) is 0.211. The first-order valence-corrected chi connectivity index (χ1v) is 8.56. The highest BCUT2D eigenvalue weighted by atomic mass is 35.5. The van der Waals surface area contributed by atoms with Gasteiger partial charge in [0.1, 0.15) is 0 Å². The Kier molecular flexibility index (Phi) is 3.78. The second-order valence-corrected chi connectivity index (χ2v) is 7.06. The minimum Gasteiger partial charge on any atom is -0.478 e. The molecule has 0 spiro atoms. The van der Waals surface area contributed by atoms with Crippen molar-refractivity contribution in [2.45, 2.75) is 18.4 Å². The van der Waals surface area contributed by atoms with Crippen LogP contribution in [0.15, 0.2) is 48.6 Å². The molecular weight excluding hydrogens is 345 g/mol. The molecule has 0 unspecified atom stereocenters. The van der Waals surface area contributed by atoms with Gasteiger partial charge in [-0.05, 0) is 41.7 Å². The molecule has 122 valence electrons. The third kappa shape index (κ3) is 2.40. The highest BCUT2D eigenvalue weighted by molar-refractivity contribution is 6.36. The van der Waals surface area contributed by atoms with Gasteiger partial charge in [0.15, 0.2) is 0 Å². The Morgan fingerprint density at radius 2 is 1.96 bits per heavy atom. The molecule has 1 aliphatic heterocycles. The van der Waals surface area contributed by atoms with Crippen LogP contribution in [0.1, 0.15) is 39.9 Å². The Morgan fingerprint density at radius 3 is 2.75 bits per heavy atom. The molecule has 2 N–H and O–H groups in total. The zero-order chi connectivity index (χ0) is 16.8. The lowest BCUT2D eigenvalue weighted by Crippen LogP contribution is -2.30. The largest absolute Gasteiger partial charge is 0.478 e. The van der Waals surface area contributed by atoms with E-state index in [0.717, 1.165) is 23.2 Å². The van der Waals surface area contributed by atoms with Crippen molar-refractivity contribution in [1.82, 2.24) is 0 Å². The number of aromatic carboxylic acids is 1. The maximum Gasteiger partial charge on any atom is 0.336 e. The lowest BCUT2D eigenvalue weighted by atomic mass is 9.76. The molecule has 0 bridgehead atoms. The topological polar surface area (TPSA) is 49.3 Å². The maximum atomic E-state index is 11.6. The number of hydrogen-bond acceptors (Lipinski definition) is 2. The SMILES string of the molecule is O=C(O)c1ccccc1[C@@H]1Nc2c(Cl)cc(Cl)cc2[C@@H]2C=CC[C@H]21. The minimum atomic E-state index is -0.914. The second-order valence-electron chi connectivity index (χ2n) is 6.22. The summed E-state index contributed by atoms with van der Waals surface area (Å²) in [4.78, 5) is 11.6. The van der Waals surface area contributed by atoms with Gasteiger partial charge in [-0.15, -0.1) is 0 Å². The first kappa shape index (κ1) is 15.6. The normalized spacial score (nSPS) is 24.2. The van der Waals surface area contributed by atoms with Crippen LogP contribution in [0.2, 0.25) is 10.0 Å². The van der Waals surface area contributed by atoms with Gasteiger partial charge >= 0.3 is 5.97 Å². The van der Waals surface area contributed by atoms with Crippen LogP contribution < -0.4 is 5.32 Å². The highest BCUT2D eigenvalue weighted by Gasteiger charge is 2.40. The Bertz CT molecular complexity index is 862. The number of hydrogen-bond donors (Lipinski definition) is 2. The van der Waals surface area contributed by atoms with E-state index in [1.54, 1.807) is 18.2 Å². The lowest BCUT2D eigenvalue weighted by Gasteiger charge is -2.38. The summed E-state index contributed by atoms with van der Waals surface area (Å²) in [5.41, 5.74) is 3.05. The van der Waals surface area contributed by atoms with E-state index in [2.05, 4.69) is 17.5 Å². The van der Waals surface area contributed by atoms with Crippen LogP contribution in [-0.2, 0) is 0 Å². The zero-order valence-corrected chi connectivity index (χ0v) is 14.2. The van der Waals surface area contributed by atoms with E-state index in [1.807, 2.05) is 18.2 Å². The summed E-state index contributed by atoms with van der Waals surface area (Å²) in [5.74, 6) is -0.486. The average molecular weight is 360 g/mol. The van der Waals surface area contributed by atoms with Crippen LogP contribution in [0.5, 0.6) is 0 Å². The minimum absolute atomic E-state index is 0.108. The summed E-state index contributed by atoms with van der Waals surface area (Å²) in [6.07, 6.45) is 5.21. The first-order valence-electron chi connectivity index (χ1n) is 7.80. The number of carboxylic acid groups (broad SMARTS) is 1. The van der Waals surface area contributed by atoms with E-state index >= 15 is 0 Å². The molecular formula is C19H15Cl2NO2. The van der Waals surface area contributed by atoms with Gasteiger partial charge in [-0.1, -0.05) is 53.6 Å². The molecule has 2 aliphatic rings. The fourth-order valence-electron chi connectivity index (χ4n) is 3.89. The van der Waals surface area contributed by atoms with Crippen molar-refractivity contribution in [1.29, 1.82) is 0 Å². The number of carboxylic acids is 1. The summed E-state index contributed by atoms with van der Waals surface area (Å²) in [6, 6.07) is 10.7. The smallest absolute Gasteiger partial charge is 0.336 e. The summed E-state index contributed by atoms with van der Waals surface area (Å²) in [7, 11) is 0. The number of halogens is 2. The van der Waals surface area contributed by atoms with Crippen LogP contribution in [0.4, 0.5) is 5.69 Å². The summed E-state index contributed by atoms with van der Waals surface area (Å²) < 4.78 is 0. The van der Waals surface area contributed by atoms with Crippen molar-refractivity contribution in [2.24, 2.45) is 5.92 Å². The number of rotatable bonds is 2. The number of fused-ring (bicyclic) bond motifs is 3. The van der Waals surface area contributed by atoms with Gasteiger partial charge in [0.2, 0.25) is 0 Å². The number of anilines is 1. The van der Waals surface area contributed by atoms with Crippen molar-refractivity contribution < 1.29 is 9.90 Å². The molecule has 24 heavy (non-hydrogen) atoms. The van der Waals surface area contributed by atoms with Crippen LogP contribution in [0, 0.1) is 5.92 Å². The van der Waals surface area contributed by atoms with Crippen LogP contribution in [-0.4, -0.2) is 11.1 Å². The quantitative estimate of drug-likeness (QED) is 0.694. The molecule has 4 rings (SSSR count). The molecule has 0 aromatic heterocycles. The van der Waals surface area contributed by atoms with Gasteiger partial charge in [-0.25, -0.2) is 4.79 Å². The van der Waals surface area contributed by atoms with Gasteiger partial charge in [0, 0.05) is 10.9 Å². The number of carbonyl (C=O) groups is 1. The summed E-state index contributed by atoms with van der Waals surface area (Å²) >= 11 is 12.6. The molecule has 1 aliphatic carbocycles. The van der Waals surface area contributed by atoms with E-state index in [9.17, 15) is 9.90 Å². The van der Waals surface area contributed by atoms with Gasteiger partial charge in [-0.2, -0.15) is 0 Å². The van der Waals surface area contributed by atoms with Crippen molar-refractivity contribution in [2.75, 3.05) is 5.32 Å². The zero-order valence-electron chi connectivity index (χ0n) is 12.7. The Balaban J connectivity index is 1.86. The van der Waals surface area contributed by atoms with E-state index in [0.29, 0.717) is 15.6 Å². The molecule has 2 aromatic carbocycles. The molecule has 0 radical (unpaired) electrons. The molecule has 0 saturated carbocycles. The van der Waals surface area contributed by atoms with Gasteiger partial charge in [0.25, 0.3) is 0 Å². The van der Waals surface area contributed by atoms with Crippen molar-refractivity contribution in [3.63, 3.8) is 0 Å². The molecule has 3 nitrogen and oxygen atoms in total. The molecule has 2 aromatic rings. The molecule has 1 heterocycles. The van der Waals surface area contributed by atoms with Crippen LogP contribution >= 0.6 is 23.2 Å². The van der Waals surface area contributed by atoms with E-state index in [4.69, 9.17) is 23.2 Å². The van der Waals surface area contributed by atoms with Crippen LogP contribution in [0.3, 0.4) is 0 Å². The van der Waals surface area contributed by atoms with Crippen molar-refractivity contribution in [3.05, 3.63) is 75.3 Å². The van der Waals surface area contributed by atoms with Crippen molar-refractivity contribution >= 4 is 34.9 Å². The van der Waals surface area contributed by atoms with E-state index in [-0.39, 0.29) is 17.9 Å². The van der Waals surface area contributed by atoms with E-state index in [1.165, 1.54) is 0 Å². The predicted octanol–water partition coefficient (Wildman–Crippen LogP) is 5.52. The summed E-state index contributed by atoms with van der Waals surface area (Å²) in [5, 5.41) is 14.2. The highest BCUT2D eigenvalue weighted by Crippen LogP contribution is 2.52. The second kappa shape index (κ2) is 5.83. The Hall–Kier alpha value is -1.97. The van der Waals surface area contributed by atoms with Crippen molar-refractivity contribution in [3.8, 4) is 0 Å². The number of allylic oxidation sites excluding steroid dienone is 2. The Morgan fingerprint density at radius 1 is 1.17 bits per heavy atom. The number of nitrogens with one attached hydrogen (secondary N) is 1. The average Bonchev–Trinajstić information content (AvgIpc) is 3.04. The number of benzene rings is 2. The van der Waals surface area contributed by atoms with Gasteiger partial charge < -0.3 is 10.4 Å².